The van der Waals surface area contributed by atoms with Crippen molar-refractivity contribution in [1.82, 2.24) is 9.88 Å². The fourth-order valence-electron chi connectivity index (χ4n) is 2.47. The maximum atomic E-state index is 4.31. The minimum atomic E-state index is 0.616. The molecule has 2 fully saturated rings. The number of aromatic nitrogens is 1. The highest BCUT2D eigenvalue weighted by molar-refractivity contribution is 5.42. The van der Waals surface area contributed by atoms with Gasteiger partial charge in [0.1, 0.15) is 0 Å². The van der Waals surface area contributed by atoms with Crippen molar-refractivity contribution in [2.75, 3.05) is 18.4 Å². The zero-order chi connectivity index (χ0) is 11.0. The maximum Gasteiger partial charge on any atom is 0.0529 e. The van der Waals surface area contributed by atoms with Gasteiger partial charge >= 0.3 is 0 Å². The van der Waals surface area contributed by atoms with Gasteiger partial charge in [-0.1, -0.05) is 0 Å². The van der Waals surface area contributed by atoms with Crippen LogP contribution >= 0.6 is 0 Å². The Kier molecular flexibility index (Phi) is 2.56. The van der Waals surface area contributed by atoms with Crippen LogP contribution in [0.25, 0.3) is 0 Å². The molecule has 1 aliphatic heterocycles. The van der Waals surface area contributed by atoms with Crippen molar-refractivity contribution < 1.29 is 0 Å². The highest BCUT2D eigenvalue weighted by Gasteiger charge is 2.34. The van der Waals surface area contributed by atoms with Gasteiger partial charge in [-0.25, -0.2) is 0 Å². The van der Waals surface area contributed by atoms with E-state index in [0.29, 0.717) is 6.04 Å². The van der Waals surface area contributed by atoms with Crippen LogP contribution in [0.2, 0.25) is 0 Å². The number of aryl methyl sites for hydroxylation is 1. The average molecular weight is 217 g/mol. The quantitative estimate of drug-likeness (QED) is 0.839. The minimum Gasteiger partial charge on any atom is -0.380 e. The summed E-state index contributed by atoms with van der Waals surface area (Å²) in [5, 5.41) is 3.58. The highest BCUT2D eigenvalue weighted by Crippen LogP contribution is 2.30. The SMILES string of the molecule is Cc1ccc(NC2CCN(C3CC3)C2)cn1. The summed E-state index contributed by atoms with van der Waals surface area (Å²) in [6.07, 6.45) is 6.04. The van der Waals surface area contributed by atoms with Crippen LogP contribution in [0.1, 0.15) is 25.0 Å². The number of likely N-dealkylation sites (tertiary alicyclic amines) is 1. The van der Waals surface area contributed by atoms with Crippen LogP contribution in [0.4, 0.5) is 5.69 Å². The fourth-order valence-corrected chi connectivity index (χ4v) is 2.47. The van der Waals surface area contributed by atoms with E-state index in [-0.39, 0.29) is 0 Å². The van der Waals surface area contributed by atoms with Crippen molar-refractivity contribution in [3.63, 3.8) is 0 Å². The predicted octanol–water partition coefficient (Wildman–Crippen LogP) is 2.04. The minimum absolute atomic E-state index is 0.616. The molecule has 1 N–H and O–H groups in total. The molecule has 0 spiro atoms. The first-order valence-corrected chi connectivity index (χ1v) is 6.24. The second-order valence-corrected chi connectivity index (χ2v) is 5.04. The van der Waals surface area contributed by atoms with E-state index in [4.69, 9.17) is 0 Å². The van der Waals surface area contributed by atoms with Gasteiger partial charge in [-0.2, -0.15) is 0 Å². The van der Waals surface area contributed by atoms with Gasteiger partial charge in [-0.15, -0.1) is 0 Å². The van der Waals surface area contributed by atoms with Crippen molar-refractivity contribution >= 4 is 5.69 Å². The summed E-state index contributed by atoms with van der Waals surface area (Å²) in [6, 6.07) is 5.71. The second kappa shape index (κ2) is 4.06. The molecule has 3 rings (SSSR count). The molecule has 1 aliphatic carbocycles. The largest absolute Gasteiger partial charge is 0.380 e. The molecule has 3 nitrogen and oxygen atoms in total. The van der Waals surface area contributed by atoms with Crippen LogP contribution in [0.3, 0.4) is 0 Å². The third kappa shape index (κ3) is 2.19. The van der Waals surface area contributed by atoms with E-state index in [2.05, 4.69) is 27.3 Å². The molecular weight excluding hydrogens is 198 g/mol. The number of nitrogens with zero attached hydrogens (tertiary/aromatic N) is 2. The molecule has 1 saturated heterocycles. The second-order valence-electron chi connectivity index (χ2n) is 5.04. The Morgan fingerprint density at radius 1 is 1.31 bits per heavy atom. The molecule has 0 radical (unpaired) electrons. The van der Waals surface area contributed by atoms with Gasteiger partial charge in [-0.05, 0) is 38.3 Å². The van der Waals surface area contributed by atoms with E-state index < -0.39 is 0 Å². The van der Waals surface area contributed by atoms with Crippen molar-refractivity contribution in [3.8, 4) is 0 Å². The first-order valence-electron chi connectivity index (χ1n) is 6.24. The lowest BCUT2D eigenvalue weighted by atomic mass is 10.2. The molecular formula is C13H19N3. The van der Waals surface area contributed by atoms with Gasteiger partial charge in [0.15, 0.2) is 0 Å². The Balaban J connectivity index is 1.57. The topological polar surface area (TPSA) is 28.2 Å². The Bertz CT molecular complexity index is 356. The first kappa shape index (κ1) is 10.1. The summed E-state index contributed by atoms with van der Waals surface area (Å²) in [5.41, 5.74) is 2.24. The molecule has 2 aliphatic rings. The lowest BCUT2D eigenvalue weighted by Gasteiger charge is -2.16. The molecule has 0 aromatic carbocycles. The Morgan fingerprint density at radius 2 is 2.19 bits per heavy atom. The smallest absolute Gasteiger partial charge is 0.0529 e. The van der Waals surface area contributed by atoms with Gasteiger partial charge in [0.05, 0.1) is 11.9 Å². The summed E-state index contributed by atoms with van der Waals surface area (Å²) in [6.45, 7) is 4.49. The standard InChI is InChI=1S/C13H19N3/c1-10-2-3-11(8-14-10)15-12-6-7-16(9-12)13-4-5-13/h2-3,8,12-13,15H,4-7,9H2,1H3. The summed E-state index contributed by atoms with van der Waals surface area (Å²) in [5.74, 6) is 0. The first-order chi connectivity index (χ1) is 7.81. The van der Waals surface area contributed by atoms with Crippen LogP contribution in [0.5, 0.6) is 0 Å². The van der Waals surface area contributed by atoms with E-state index in [1.54, 1.807) is 0 Å². The summed E-state index contributed by atoms with van der Waals surface area (Å²) in [7, 11) is 0. The third-order valence-electron chi connectivity index (χ3n) is 3.57. The molecule has 86 valence electrons. The number of pyridine rings is 1. The molecule has 0 amide bonds. The van der Waals surface area contributed by atoms with Gasteiger partial charge in [-0.3, -0.25) is 9.88 Å². The van der Waals surface area contributed by atoms with E-state index >= 15 is 0 Å². The van der Waals surface area contributed by atoms with Crippen LogP contribution in [0.15, 0.2) is 18.3 Å². The highest BCUT2D eigenvalue weighted by atomic mass is 15.2. The van der Waals surface area contributed by atoms with Crippen molar-refractivity contribution in [3.05, 3.63) is 24.0 Å². The van der Waals surface area contributed by atoms with Gasteiger partial charge in [0.25, 0.3) is 0 Å². The molecule has 1 aromatic rings. The summed E-state index contributed by atoms with van der Waals surface area (Å²) >= 11 is 0. The van der Waals surface area contributed by atoms with Gasteiger partial charge in [0.2, 0.25) is 0 Å². The summed E-state index contributed by atoms with van der Waals surface area (Å²) in [4.78, 5) is 6.94. The fraction of sp³-hybridized carbons (Fsp3) is 0.615. The van der Waals surface area contributed by atoms with Gasteiger partial charge < -0.3 is 5.32 Å². The monoisotopic (exact) mass is 217 g/mol. The Labute approximate surface area is 96.9 Å². The summed E-state index contributed by atoms with van der Waals surface area (Å²) < 4.78 is 0. The average Bonchev–Trinajstić information content (AvgIpc) is 3.04. The van der Waals surface area contributed by atoms with E-state index in [9.17, 15) is 0 Å². The molecule has 1 aromatic heterocycles. The molecule has 16 heavy (non-hydrogen) atoms. The van der Waals surface area contributed by atoms with Crippen molar-refractivity contribution in [1.29, 1.82) is 0 Å². The molecule has 0 bridgehead atoms. The number of anilines is 1. The maximum absolute atomic E-state index is 4.31. The Hall–Kier alpha value is -1.09. The zero-order valence-corrected chi connectivity index (χ0v) is 9.82. The number of hydrogen-bond donors (Lipinski definition) is 1. The van der Waals surface area contributed by atoms with Crippen LogP contribution < -0.4 is 5.32 Å². The van der Waals surface area contributed by atoms with Crippen LogP contribution in [-0.2, 0) is 0 Å². The van der Waals surface area contributed by atoms with Crippen LogP contribution in [0, 0.1) is 6.92 Å². The lowest BCUT2D eigenvalue weighted by molar-refractivity contribution is 0.326. The number of hydrogen-bond acceptors (Lipinski definition) is 3. The van der Waals surface area contributed by atoms with E-state index in [1.165, 1.54) is 32.4 Å². The molecule has 1 unspecified atom stereocenters. The van der Waals surface area contributed by atoms with Crippen LogP contribution in [-0.4, -0.2) is 35.1 Å². The molecule has 1 atom stereocenters. The molecule has 2 heterocycles. The molecule has 1 saturated carbocycles. The molecule has 3 heteroatoms. The van der Waals surface area contributed by atoms with Crippen molar-refractivity contribution in [2.24, 2.45) is 0 Å². The number of nitrogens with one attached hydrogen (secondary N) is 1. The van der Waals surface area contributed by atoms with Crippen molar-refractivity contribution in [2.45, 2.75) is 38.3 Å². The normalized spacial score (nSPS) is 25.9. The zero-order valence-electron chi connectivity index (χ0n) is 9.82. The lowest BCUT2D eigenvalue weighted by Crippen LogP contribution is -2.27. The van der Waals surface area contributed by atoms with E-state index in [1.807, 2.05) is 13.1 Å². The predicted molar refractivity (Wildman–Crippen MR) is 65.6 cm³/mol. The number of rotatable bonds is 3. The third-order valence-corrected chi connectivity index (χ3v) is 3.57. The van der Waals surface area contributed by atoms with E-state index in [0.717, 1.165) is 17.4 Å². The van der Waals surface area contributed by atoms with Gasteiger partial charge in [0, 0.05) is 30.9 Å². The Morgan fingerprint density at radius 3 is 2.88 bits per heavy atom.